The van der Waals surface area contributed by atoms with E-state index in [1.54, 1.807) is 24.5 Å². The summed E-state index contributed by atoms with van der Waals surface area (Å²) in [5, 5.41) is 14.7. The number of hydrazone groups is 1. The minimum absolute atomic E-state index is 0.0798. The number of furan rings is 1. The zero-order chi connectivity index (χ0) is 12.5. The Kier molecular flexibility index (Phi) is 2.72. The SMILES string of the molecule is Oc1ccc(Cl)cc1[C@@H]1CC(c2ccco2)=NN1. The minimum atomic E-state index is -0.0798. The van der Waals surface area contributed by atoms with E-state index in [0.29, 0.717) is 11.4 Å². The Bertz CT molecular complexity index is 593. The van der Waals surface area contributed by atoms with Gasteiger partial charge >= 0.3 is 0 Å². The third-order valence-electron chi connectivity index (χ3n) is 2.92. The average molecular weight is 263 g/mol. The lowest BCUT2D eigenvalue weighted by Gasteiger charge is -2.12. The molecule has 1 atom stereocenters. The Morgan fingerprint density at radius 3 is 3.06 bits per heavy atom. The molecule has 0 unspecified atom stereocenters. The largest absolute Gasteiger partial charge is 0.508 e. The number of phenols is 1. The molecule has 0 saturated heterocycles. The maximum atomic E-state index is 9.84. The summed E-state index contributed by atoms with van der Waals surface area (Å²) in [5.74, 6) is 0.958. The molecular weight excluding hydrogens is 252 g/mol. The van der Waals surface area contributed by atoms with Crippen LogP contribution < -0.4 is 5.43 Å². The summed E-state index contributed by atoms with van der Waals surface area (Å²) < 4.78 is 5.30. The number of benzene rings is 1. The Balaban J connectivity index is 1.84. The molecule has 92 valence electrons. The summed E-state index contributed by atoms with van der Waals surface area (Å²) in [6.07, 6.45) is 2.27. The Labute approximate surface area is 109 Å². The molecule has 1 aliphatic heterocycles. The van der Waals surface area contributed by atoms with Gasteiger partial charge in [0.2, 0.25) is 0 Å². The van der Waals surface area contributed by atoms with Crippen LogP contribution in [-0.2, 0) is 0 Å². The molecule has 0 bridgehead atoms. The van der Waals surface area contributed by atoms with Crippen LogP contribution in [0.25, 0.3) is 0 Å². The Hall–Kier alpha value is -1.94. The number of hydrogen-bond acceptors (Lipinski definition) is 4. The van der Waals surface area contributed by atoms with Gasteiger partial charge in [-0.05, 0) is 30.3 Å². The zero-order valence-corrected chi connectivity index (χ0v) is 10.2. The third kappa shape index (κ3) is 1.95. The van der Waals surface area contributed by atoms with Crippen molar-refractivity contribution in [3.8, 4) is 5.75 Å². The van der Waals surface area contributed by atoms with Gasteiger partial charge < -0.3 is 14.9 Å². The summed E-state index contributed by atoms with van der Waals surface area (Å²) in [6.45, 7) is 0. The normalized spacial score (nSPS) is 18.5. The van der Waals surface area contributed by atoms with Crippen LogP contribution in [0.15, 0.2) is 46.1 Å². The molecule has 1 aromatic heterocycles. The number of nitrogens with zero attached hydrogens (tertiary/aromatic N) is 1. The molecule has 2 N–H and O–H groups in total. The monoisotopic (exact) mass is 262 g/mol. The smallest absolute Gasteiger partial charge is 0.149 e. The van der Waals surface area contributed by atoms with Crippen molar-refractivity contribution in [2.75, 3.05) is 0 Å². The summed E-state index contributed by atoms with van der Waals surface area (Å²) >= 11 is 5.94. The second-order valence-electron chi connectivity index (χ2n) is 4.12. The van der Waals surface area contributed by atoms with E-state index in [9.17, 15) is 5.11 Å². The third-order valence-corrected chi connectivity index (χ3v) is 3.16. The first-order valence-electron chi connectivity index (χ1n) is 5.58. The number of rotatable bonds is 2. The topological polar surface area (TPSA) is 57.8 Å². The molecular formula is C13H11ClN2O2. The van der Waals surface area contributed by atoms with E-state index in [2.05, 4.69) is 10.5 Å². The van der Waals surface area contributed by atoms with Crippen molar-refractivity contribution in [2.24, 2.45) is 5.10 Å². The van der Waals surface area contributed by atoms with Gasteiger partial charge in [-0.15, -0.1) is 0 Å². The summed E-state index contributed by atoms with van der Waals surface area (Å²) in [5.41, 5.74) is 4.57. The molecule has 1 aliphatic rings. The molecule has 0 spiro atoms. The highest BCUT2D eigenvalue weighted by Crippen LogP contribution is 2.32. The van der Waals surface area contributed by atoms with Crippen LogP contribution in [0.3, 0.4) is 0 Å². The maximum absolute atomic E-state index is 9.84. The standard InChI is InChI=1S/C13H11ClN2O2/c14-8-3-4-12(17)9(6-8)10-7-11(16-15-10)13-2-1-5-18-13/h1-6,10,15,17H,7H2/t10-/m0/s1. The molecule has 2 heterocycles. The highest BCUT2D eigenvalue weighted by molar-refractivity contribution is 6.30. The van der Waals surface area contributed by atoms with Gasteiger partial charge in [0.05, 0.1) is 12.3 Å². The first kappa shape index (κ1) is 11.2. The highest BCUT2D eigenvalue weighted by Gasteiger charge is 2.24. The summed E-state index contributed by atoms with van der Waals surface area (Å²) in [7, 11) is 0. The lowest BCUT2D eigenvalue weighted by atomic mass is 10.0. The van der Waals surface area contributed by atoms with E-state index >= 15 is 0 Å². The Morgan fingerprint density at radius 2 is 2.28 bits per heavy atom. The van der Waals surface area contributed by atoms with E-state index in [1.807, 2.05) is 12.1 Å². The predicted molar refractivity (Wildman–Crippen MR) is 68.9 cm³/mol. The van der Waals surface area contributed by atoms with Gasteiger partial charge in [0.25, 0.3) is 0 Å². The second-order valence-corrected chi connectivity index (χ2v) is 4.56. The van der Waals surface area contributed by atoms with E-state index in [0.717, 1.165) is 17.0 Å². The van der Waals surface area contributed by atoms with Crippen molar-refractivity contribution in [1.82, 2.24) is 5.43 Å². The molecule has 0 amide bonds. The molecule has 0 aliphatic carbocycles. The van der Waals surface area contributed by atoms with Crippen molar-refractivity contribution in [1.29, 1.82) is 0 Å². The molecule has 18 heavy (non-hydrogen) atoms. The highest BCUT2D eigenvalue weighted by atomic mass is 35.5. The molecule has 0 radical (unpaired) electrons. The number of nitrogens with one attached hydrogen (secondary N) is 1. The summed E-state index contributed by atoms with van der Waals surface area (Å²) in [4.78, 5) is 0. The fourth-order valence-electron chi connectivity index (χ4n) is 2.02. The van der Waals surface area contributed by atoms with Crippen LogP contribution >= 0.6 is 11.6 Å². The molecule has 2 aromatic rings. The fourth-order valence-corrected chi connectivity index (χ4v) is 2.20. The molecule has 0 fully saturated rings. The predicted octanol–water partition coefficient (Wildman–Crippen LogP) is 3.08. The first-order chi connectivity index (χ1) is 8.74. The van der Waals surface area contributed by atoms with Gasteiger partial charge in [-0.25, -0.2) is 0 Å². The molecule has 4 nitrogen and oxygen atoms in total. The van der Waals surface area contributed by atoms with Crippen molar-refractivity contribution < 1.29 is 9.52 Å². The zero-order valence-electron chi connectivity index (χ0n) is 9.43. The van der Waals surface area contributed by atoms with Crippen LogP contribution in [0.4, 0.5) is 0 Å². The van der Waals surface area contributed by atoms with Crippen LogP contribution in [0.5, 0.6) is 5.75 Å². The first-order valence-corrected chi connectivity index (χ1v) is 5.96. The fraction of sp³-hybridized carbons (Fsp3) is 0.154. The van der Waals surface area contributed by atoms with E-state index in [1.165, 1.54) is 0 Å². The van der Waals surface area contributed by atoms with Gasteiger partial charge in [0, 0.05) is 17.0 Å². The van der Waals surface area contributed by atoms with Crippen molar-refractivity contribution in [3.05, 3.63) is 52.9 Å². The molecule has 3 rings (SSSR count). The molecule has 0 saturated carbocycles. The van der Waals surface area contributed by atoms with Crippen LogP contribution in [0.2, 0.25) is 5.02 Å². The lowest BCUT2D eigenvalue weighted by Crippen LogP contribution is -2.10. The van der Waals surface area contributed by atoms with Gasteiger partial charge in [-0.1, -0.05) is 11.6 Å². The van der Waals surface area contributed by atoms with E-state index < -0.39 is 0 Å². The molecule has 1 aromatic carbocycles. The maximum Gasteiger partial charge on any atom is 0.149 e. The second kappa shape index (κ2) is 4.38. The van der Waals surface area contributed by atoms with Crippen molar-refractivity contribution in [2.45, 2.75) is 12.5 Å². The summed E-state index contributed by atoms with van der Waals surface area (Å²) in [6, 6.07) is 8.59. The van der Waals surface area contributed by atoms with Crippen LogP contribution in [0, 0.1) is 0 Å². The number of aromatic hydroxyl groups is 1. The van der Waals surface area contributed by atoms with Gasteiger partial charge in [-0.2, -0.15) is 5.10 Å². The van der Waals surface area contributed by atoms with E-state index in [-0.39, 0.29) is 11.8 Å². The van der Waals surface area contributed by atoms with Gasteiger partial charge in [0.1, 0.15) is 17.2 Å². The lowest BCUT2D eigenvalue weighted by molar-refractivity contribution is 0.455. The Morgan fingerprint density at radius 1 is 1.39 bits per heavy atom. The van der Waals surface area contributed by atoms with Gasteiger partial charge in [-0.3, -0.25) is 0 Å². The number of phenolic OH excluding ortho intramolecular Hbond substituents is 1. The van der Waals surface area contributed by atoms with Crippen molar-refractivity contribution >= 4 is 17.3 Å². The minimum Gasteiger partial charge on any atom is -0.508 e. The number of hydrogen-bond donors (Lipinski definition) is 2. The average Bonchev–Trinajstić information content (AvgIpc) is 3.00. The van der Waals surface area contributed by atoms with Crippen molar-refractivity contribution in [3.63, 3.8) is 0 Å². The number of halogens is 1. The van der Waals surface area contributed by atoms with Crippen LogP contribution in [-0.4, -0.2) is 10.8 Å². The van der Waals surface area contributed by atoms with Gasteiger partial charge in [0.15, 0.2) is 0 Å². The van der Waals surface area contributed by atoms with E-state index in [4.69, 9.17) is 16.0 Å². The van der Waals surface area contributed by atoms with Crippen LogP contribution in [0.1, 0.15) is 23.8 Å². The molecule has 5 heteroatoms. The quantitative estimate of drug-likeness (QED) is 0.874.